The van der Waals surface area contributed by atoms with E-state index in [1.807, 2.05) is 0 Å². The van der Waals surface area contributed by atoms with Crippen molar-refractivity contribution in [3.8, 4) is 0 Å². The largest absolute Gasteiger partial charge is 0.352 e. The molecule has 0 radical (unpaired) electrons. The Morgan fingerprint density at radius 2 is 2.00 bits per heavy atom. The first-order chi connectivity index (χ1) is 8.75. The van der Waals surface area contributed by atoms with Gasteiger partial charge in [-0.1, -0.05) is 0 Å². The predicted molar refractivity (Wildman–Crippen MR) is 69.4 cm³/mol. The van der Waals surface area contributed by atoms with Gasteiger partial charge in [0.2, 0.25) is 0 Å². The van der Waals surface area contributed by atoms with E-state index in [0.29, 0.717) is 17.9 Å². The van der Waals surface area contributed by atoms with Gasteiger partial charge in [0.1, 0.15) is 5.82 Å². The molecule has 2 rings (SSSR count). The van der Waals surface area contributed by atoms with E-state index in [-0.39, 0.29) is 5.91 Å². The van der Waals surface area contributed by atoms with Gasteiger partial charge in [-0.05, 0) is 45.8 Å². The molecule has 0 spiro atoms. The maximum atomic E-state index is 11.7. The molecule has 5 nitrogen and oxygen atoms in total. The van der Waals surface area contributed by atoms with Gasteiger partial charge in [0.15, 0.2) is 0 Å². The highest BCUT2D eigenvalue weighted by Gasteiger charge is 2.11. The first-order valence-electron chi connectivity index (χ1n) is 6.55. The Labute approximate surface area is 108 Å². The summed E-state index contributed by atoms with van der Waals surface area (Å²) < 4.78 is 0. The van der Waals surface area contributed by atoms with Crippen molar-refractivity contribution in [2.24, 2.45) is 0 Å². The minimum atomic E-state index is -0.0866. The van der Waals surface area contributed by atoms with Crippen LogP contribution in [-0.2, 0) is 0 Å². The van der Waals surface area contributed by atoms with Gasteiger partial charge in [-0.3, -0.25) is 4.79 Å². The Morgan fingerprint density at radius 1 is 1.33 bits per heavy atom. The van der Waals surface area contributed by atoms with Crippen LogP contribution >= 0.6 is 0 Å². The first-order valence-corrected chi connectivity index (χ1v) is 6.55. The number of hydrogen-bond acceptors (Lipinski definition) is 4. The Bertz CT molecular complexity index is 384. The topological polar surface area (TPSA) is 58.1 Å². The molecule has 1 saturated heterocycles. The molecule has 0 aromatic carbocycles. The molecule has 5 heteroatoms. The van der Waals surface area contributed by atoms with Crippen molar-refractivity contribution in [2.45, 2.75) is 26.2 Å². The zero-order chi connectivity index (χ0) is 12.8. The van der Waals surface area contributed by atoms with E-state index in [0.717, 1.165) is 13.0 Å². The molecule has 1 aliphatic rings. The molecule has 0 aliphatic carbocycles. The van der Waals surface area contributed by atoms with Crippen molar-refractivity contribution in [2.75, 3.05) is 26.2 Å². The summed E-state index contributed by atoms with van der Waals surface area (Å²) in [6.45, 7) is 6.01. The number of aromatic nitrogens is 2. The minimum absolute atomic E-state index is 0.0866. The lowest BCUT2D eigenvalue weighted by atomic mass is 10.3. The number of carbonyl (C=O) groups is 1. The number of amides is 1. The molecule has 2 heterocycles. The second-order valence-electron chi connectivity index (χ2n) is 4.68. The molecule has 98 valence electrons. The summed E-state index contributed by atoms with van der Waals surface area (Å²) in [7, 11) is 0. The van der Waals surface area contributed by atoms with Gasteiger partial charge in [0, 0.05) is 18.9 Å². The third kappa shape index (κ3) is 3.77. The smallest absolute Gasteiger partial charge is 0.254 e. The summed E-state index contributed by atoms with van der Waals surface area (Å²) in [5.41, 5.74) is 0.529. The molecule has 1 N–H and O–H groups in total. The number of rotatable bonds is 5. The summed E-state index contributed by atoms with van der Waals surface area (Å²) >= 11 is 0. The third-order valence-corrected chi connectivity index (χ3v) is 3.18. The first kappa shape index (κ1) is 13.0. The molecule has 1 fully saturated rings. The molecule has 0 atom stereocenters. The maximum absolute atomic E-state index is 11.7. The van der Waals surface area contributed by atoms with Crippen LogP contribution in [0.25, 0.3) is 0 Å². The normalized spacial score (nSPS) is 15.8. The van der Waals surface area contributed by atoms with Crippen LogP contribution in [-0.4, -0.2) is 47.0 Å². The summed E-state index contributed by atoms with van der Waals surface area (Å²) in [4.78, 5) is 22.2. The number of likely N-dealkylation sites (tertiary alicyclic amines) is 1. The number of nitrogens with one attached hydrogen (secondary N) is 1. The zero-order valence-electron chi connectivity index (χ0n) is 10.9. The van der Waals surface area contributed by atoms with Crippen molar-refractivity contribution >= 4 is 5.91 Å². The molecule has 0 unspecified atom stereocenters. The highest BCUT2D eigenvalue weighted by molar-refractivity contribution is 5.93. The fourth-order valence-electron chi connectivity index (χ4n) is 2.12. The number of hydrogen-bond donors (Lipinski definition) is 1. The van der Waals surface area contributed by atoms with E-state index in [2.05, 4.69) is 20.2 Å². The molecular weight excluding hydrogens is 228 g/mol. The lowest BCUT2D eigenvalue weighted by Crippen LogP contribution is -2.28. The van der Waals surface area contributed by atoms with Gasteiger partial charge in [0.25, 0.3) is 5.91 Å². The van der Waals surface area contributed by atoms with Gasteiger partial charge in [-0.15, -0.1) is 0 Å². The average molecular weight is 248 g/mol. The monoisotopic (exact) mass is 248 g/mol. The Hall–Kier alpha value is -1.49. The Balaban J connectivity index is 1.66. The van der Waals surface area contributed by atoms with Crippen LogP contribution in [0, 0.1) is 6.92 Å². The highest BCUT2D eigenvalue weighted by Crippen LogP contribution is 2.06. The zero-order valence-corrected chi connectivity index (χ0v) is 10.9. The van der Waals surface area contributed by atoms with Crippen molar-refractivity contribution < 1.29 is 4.79 Å². The number of aryl methyl sites for hydroxylation is 1. The third-order valence-electron chi connectivity index (χ3n) is 3.18. The fraction of sp³-hybridized carbons (Fsp3) is 0.615. The number of nitrogens with zero attached hydrogens (tertiary/aromatic N) is 3. The molecule has 1 aliphatic heterocycles. The van der Waals surface area contributed by atoms with E-state index >= 15 is 0 Å². The summed E-state index contributed by atoms with van der Waals surface area (Å²) in [6.07, 6.45) is 6.76. The quantitative estimate of drug-likeness (QED) is 0.790. The van der Waals surface area contributed by atoms with Crippen LogP contribution in [0.3, 0.4) is 0 Å². The lowest BCUT2D eigenvalue weighted by Gasteiger charge is -2.14. The van der Waals surface area contributed by atoms with Crippen LogP contribution in [0.1, 0.15) is 35.4 Å². The molecule has 1 aromatic rings. The van der Waals surface area contributed by atoms with Crippen molar-refractivity contribution in [3.05, 3.63) is 23.8 Å². The van der Waals surface area contributed by atoms with Crippen LogP contribution in [0.4, 0.5) is 0 Å². The van der Waals surface area contributed by atoms with Gasteiger partial charge in [-0.25, -0.2) is 9.97 Å². The van der Waals surface area contributed by atoms with Crippen molar-refractivity contribution in [1.82, 2.24) is 20.2 Å². The van der Waals surface area contributed by atoms with Crippen molar-refractivity contribution in [1.29, 1.82) is 0 Å². The molecule has 1 amide bonds. The highest BCUT2D eigenvalue weighted by atomic mass is 16.1. The predicted octanol–water partition coefficient (Wildman–Crippen LogP) is 1.00. The molecule has 18 heavy (non-hydrogen) atoms. The van der Waals surface area contributed by atoms with Crippen LogP contribution in [0.5, 0.6) is 0 Å². The van der Waals surface area contributed by atoms with E-state index in [4.69, 9.17) is 0 Å². The van der Waals surface area contributed by atoms with Crippen LogP contribution < -0.4 is 5.32 Å². The Kier molecular flexibility index (Phi) is 4.64. The van der Waals surface area contributed by atoms with Gasteiger partial charge < -0.3 is 10.2 Å². The summed E-state index contributed by atoms with van der Waals surface area (Å²) in [5, 5.41) is 2.90. The Morgan fingerprint density at radius 3 is 2.67 bits per heavy atom. The SMILES string of the molecule is Cc1ncc(C(=O)NCCCN2CCCC2)cn1. The second kappa shape index (κ2) is 6.44. The molecule has 0 bridgehead atoms. The summed E-state index contributed by atoms with van der Waals surface area (Å²) in [6, 6.07) is 0. The average Bonchev–Trinajstić information content (AvgIpc) is 2.88. The second-order valence-corrected chi connectivity index (χ2v) is 4.68. The van der Waals surface area contributed by atoms with E-state index in [1.165, 1.54) is 25.9 Å². The molecular formula is C13H20N4O. The fourth-order valence-corrected chi connectivity index (χ4v) is 2.12. The maximum Gasteiger partial charge on any atom is 0.254 e. The van der Waals surface area contributed by atoms with Gasteiger partial charge in [-0.2, -0.15) is 0 Å². The van der Waals surface area contributed by atoms with E-state index < -0.39 is 0 Å². The van der Waals surface area contributed by atoms with Crippen molar-refractivity contribution in [3.63, 3.8) is 0 Å². The van der Waals surface area contributed by atoms with E-state index in [9.17, 15) is 4.79 Å². The summed E-state index contributed by atoms with van der Waals surface area (Å²) in [5.74, 6) is 0.594. The van der Waals surface area contributed by atoms with Crippen LogP contribution in [0.2, 0.25) is 0 Å². The standard InChI is InChI=1S/C13H20N4O/c1-11-15-9-12(10-16-11)13(18)14-5-4-8-17-6-2-3-7-17/h9-10H,2-8H2,1H3,(H,14,18). The van der Waals surface area contributed by atoms with Gasteiger partial charge in [0.05, 0.1) is 5.56 Å². The molecule has 0 saturated carbocycles. The van der Waals surface area contributed by atoms with Gasteiger partial charge >= 0.3 is 0 Å². The lowest BCUT2D eigenvalue weighted by molar-refractivity contribution is 0.0951. The minimum Gasteiger partial charge on any atom is -0.352 e. The number of carbonyl (C=O) groups excluding carboxylic acids is 1. The van der Waals surface area contributed by atoms with Crippen LogP contribution in [0.15, 0.2) is 12.4 Å². The van der Waals surface area contributed by atoms with E-state index in [1.54, 1.807) is 19.3 Å². The molecule has 1 aromatic heterocycles.